The lowest BCUT2D eigenvalue weighted by atomic mass is 10.2. The zero-order valence-electron chi connectivity index (χ0n) is 9.77. The smallest absolute Gasteiger partial charge is 0.408 e. The molecule has 0 radical (unpaired) electrons. The van der Waals surface area contributed by atoms with Crippen molar-refractivity contribution in [2.75, 3.05) is 0 Å². The highest BCUT2D eigenvalue weighted by atomic mass is 19.1. The number of oxazole rings is 1. The number of nitrogens with zero attached hydrogens (tertiary/aromatic N) is 1. The Balaban J connectivity index is 2.10. The van der Waals surface area contributed by atoms with Crippen molar-refractivity contribution in [2.45, 2.75) is 6.54 Å². The molecule has 2 aromatic carbocycles. The van der Waals surface area contributed by atoms with E-state index >= 15 is 0 Å². The van der Waals surface area contributed by atoms with Crippen LogP contribution in [0.3, 0.4) is 0 Å². The standard InChI is InChI=1S/C14H9F2NO2/c15-10-3-1-2-9(6-10)8-17-12-5-4-11(16)7-13(12)19-14(17)18/h1-7H,8H2. The van der Waals surface area contributed by atoms with Crippen molar-refractivity contribution in [3.8, 4) is 0 Å². The third-order valence-electron chi connectivity index (χ3n) is 2.86. The van der Waals surface area contributed by atoms with Crippen molar-refractivity contribution in [3.05, 3.63) is 70.2 Å². The molecule has 0 amide bonds. The fraction of sp³-hybridized carbons (Fsp3) is 0.0714. The highest BCUT2D eigenvalue weighted by molar-refractivity contribution is 5.72. The summed E-state index contributed by atoms with van der Waals surface area (Å²) in [6.07, 6.45) is 0. The zero-order valence-corrected chi connectivity index (χ0v) is 9.77. The van der Waals surface area contributed by atoms with Gasteiger partial charge in [-0.25, -0.2) is 13.6 Å². The molecule has 0 bridgehead atoms. The number of aromatic nitrogens is 1. The maximum Gasteiger partial charge on any atom is 0.420 e. The van der Waals surface area contributed by atoms with Crippen LogP contribution in [0.25, 0.3) is 11.1 Å². The van der Waals surface area contributed by atoms with Gasteiger partial charge in [-0.1, -0.05) is 12.1 Å². The van der Waals surface area contributed by atoms with Crippen molar-refractivity contribution in [2.24, 2.45) is 0 Å². The molecule has 0 fully saturated rings. The predicted molar refractivity (Wildman–Crippen MR) is 65.9 cm³/mol. The van der Waals surface area contributed by atoms with E-state index in [0.717, 1.165) is 6.07 Å². The fourth-order valence-corrected chi connectivity index (χ4v) is 2.01. The van der Waals surface area contributed by atoms with Crippen LogP contribution in [-0.4, -0.2) is 4.57 Å². The summed E-state index contributed by atoms with van der Waals surface area (Å²) in [4.78, 5) is 11.7. The van der Waals surface area contributed by atoms with Gasteiger partial charge in [0.2, 0.25) is 0 Å². The van der Waals surface area contributed by atoms with Crippen LogP contribution < -0.4 is 5.76 Å². The van der Waals surface area contributed by atoms with E-state index in [1.165, 1.54) is 28.8 Å². The largest absolute Gasteiger partial charge is 0.420 e. The van der Waals surface area contributed by atoms with Crippen LogP contribution in [0.2, 0.25) is 0 Å². The summed E-state index contributed by atoms with van der Waals surface area (Å²) in [5.74, 6) is -1.44. The van der Waals surface area contributed by atoms with Gasteiger partial charge in [-0.05, 0) is 29.8 Å². The van der Waals surface area contributed by atoms with Gasteiger partial charge >= 0.3 is 5.76 Å². The van der Waals surface area contributed by atoms with E-state index < -0.39 is 11.6 Å². The highest BCUT2D eigenvalue weighted by Crippen LogP contribution is 2.16. The van der Waals surface area contributed by atoms with Gasteiger partial charge in [0.05, 0.1) is 12.1 Å². The van der Waals surface area contributed by atoms with Gasteiger partial charge in [-0.3, -0.25) is 4.57 Å². The van der Waals surface area contributed by atoms with Crippen LogP contribution in [0, 0.1) is 11.6 Å². The molecule has 0 saturated heterocycles. The average molecular weight is 261 g/mol. The Morgan fingerprint density at radius 1 is 1.05 bits per heavy atom. The lowest BCUT2D eigenvalue weighted by molar-refractivity contribution is 0.515. The SMILES string of the molecule is O=c1oc2cc(F)ccc2n1Cc1cccc(F)c1. The summed E-state index contributed by atoms with van der Waals surface area (Å²) in [5, 5.41) is 0. The molecule has 5 heteroatoms. The van der Waals surface area contributed by atoms with Gasteiger partial charge in [0.1, 0.15) is 11.6 Å². The first-order valence-electron chi connectivity index (χ1n) is 5.67. The molecular weight excluding hydrogens is 252 g/mol. The molecule has 1 heterocycles. The molecule has 0 aliphatic heterocycles. The number of hydrogen-bond donors (Lipinski definition) is 0. The van der Waals surface area contributed by atoms with E-state index in [9.17, 15) is 13.6 Å². The molecule has 0 atom stereocenters. The fourth-order valence-electron chi connectivity index (χ4n) is 2.01. The molecule has 0 saturated carbocycles. The van der Waals surface area contributed by atoms with Gasteiger partial charge < -0.3 is 4.42 Å². The number of benzene rings is 2. The monoisotopic (exact) mass is 261 g/mol. The molecule has 0 spiro atoms. The van der Waals surface area contributed by atoms with Gasteiger partial charge in [-0.2, -0.15) is 0 Å². The second-order valence-electron chi connectivity index (χ2n) is 4.20. The van der Waals surface area contributed by atoms with Crippen molar-refractivity contribution >= 4 is 11.1 Å². The van der Waals surface area contributed by atoms with Gasteiger partial charge in [0.15, 0.2) is 5.58 Å². The molecule has 0 aliphatic rings. The van der Waals surface area contributed by atoms with Gasteiger partial charge in [-0.15, -0.1) is 0 Å². The Hall–Kier alpha value is -2.43. The molecule has 0 N–H and O–H groups in total. The van der Waals surface area contributed by atoms with Gasteiger partial charge in [0.25, 0.3) is 0 Å². The summed E-state index contributed by atoms with van der Waals surface area (Å²) in [7, 11) is 0. The third-order valence-corrected chi connectivity index (χ3v) is 2.86. The van der Waals surface area contributed by atoms with Crippen LogP contribution in [0.5, 0.6) is 0 Å². The van der Waals surface area contributed by atoms with Crippen molar-refractivity contribution in [1.29, 1.82) is 0 Å². The van der Waals surface area contributed by atoms with E-state index in [1.54, 1.807) is 12.1 Å². The van der Waals surface area contributed by atoms with Crippen LogP contribution >= 0.6 is 0 Å². The minimum absolute atomic E-state index is 0.176. The Kier molecular flexibility index (Phi) is 2.67. The van der Waals surface area contributed by atoms with Crippen molar-refractivity contribution < 1.29 is 13.2 Å². The first kappa shape index (κ1) is 11.6. The number of rotatable bonds is 2. The summed E-state index contributed by atoms with van der Waals surface area (Å²) >= 11 is 0. The molecule has 3 aromatic rings. The number of halogens is 2. The normalized spacial score (nSPS) is 11.1. The second-order valence-corrected chi connectivity index (χ2v) is 4.20. The lowest BCUT2D eigenvalue weighted by Gasteiger charge is -2.02. The maximum absolute atomic E-state index is 13.1. The summed E-state index contributed by atoms with van der Waals surface area (Å²) < 4.78 is 32.4. The van der Waals surface area contributed by atoms with Crippen LogP contribution in [-0.2, 0) is 6.54 Å². The number of fused-ring (bicyclic) bond motifs is 1. The Bertz CT molecular complexity index is 805. The van der Waals surface area contributed by atoms with E-state index in [2.05, 4.69) is 0 Å². The van der Waals surface area contributed by atoms with Crippen LogP contribution in [0.1, 0.15) is 5.56 Å². The van der Waals surface area contributed by atoms with Crippen LogP contribution in [0.15, 0.2) is 51.7 Å². The van der Waals surface area contributed by atoms with Gasteiger partial charge in [0, 0.05) is 6.07 Å². The van der Waals surface area contributed by atoms with Crippen LogP contribution in [0.4, 0.5) is 8.78 Å². The summed E-state index contributed by atoms with van der Waals surface area (Å²) in [6.45, 7) is 0.176. The predicted octanol–water partition coefficient (Wildman–Crippen LogP) is 2.92. The van der Waals surface area contributed by atoms with Crippen molar-refractivity contribution in [1.82, 2.24) is 4.57 Å². The molecule has 19 heavy (non-hydrogen) atoms. The molecular formula is C14H9F2NO2. The van der Waals surface area contributed by atoms with E-state index in [1.807, 2.05) is 0 Å². The Labute approximate surface area is 106 Å². The Morgan fingerprint density at radius 2 is 1.84 bits per heavy atom. The third kappa shape index (κ3) is 2.14. The van der Waals surface area contributed by atoms with E-state index in [0.29, 0.717) is 11.1 Å². The van der Waals surface area contributed by atoms with E-state index in [4.69, 9.17) is 4.42 Å². The summed E-state index contributed by atoms with van der Waals surface area (Å²) in [5.41, 5.74) is 1.30. The minimum Gasteiger partial charge on any atom is -0.408 e. The molecule has 0 aliphatic carbocycles. The first-order valence-corrected chi connectivity index (χ1v) is 5.67. The molecule has 3 rings (SSSR count). The highest BCUT2D eigenvalue weighted by Gasteiger charge is 2.10. The number of hydrogen-bond acceptors (Lipinski definition) is 2. The lowest BCUT2D eigenvalue weighted by Crippen LogP contribution is -2.14. The quantitative estimate of drug-likeness (QED) is 0.711. The van der Waals surface area contributed by atoms with E-state index in [-0.39, 0.29) is 17.9 Å². The molecule has 1 aromatic heterocycles. The first-order chi connectivity index (χ1) is 9.13. The Morgan fingerprint density at radius 3 is 2.63 bits per heavy atom. The zero-order chi connectivity index (χ0) is 13.4. The molecule has 0 unspecified atom stereocenters. The maximum atomic E-state index is 13.1. The summed E-state index contributed by atoms with van der Waals surface area (Å²) in [6, 6.07) is 9.81. The molecule has 96 valence electrons. The van der Waals surface area contributed by atoms with Crippen molar-refractivity contribution in [3.63, 3.8) is 0 Å². The topological polar surface area (TPSA) is 35.1 Å². The average Bonchev–Trinajstić information content (AvgIpc) is 2.65. The second kappa shape index (κ2) is 4.35. The molecule has 3 nitrogen and oxygen atoms in total. The minimum atomic E-state index is -0.593.